The van der Waals surface area contributed by atoms with Crippen LogP contribution in [0.2, 0.25) is 10.0 Å². The molecule has 2 rings (SSSR count). The van der Waals surface area contributed by atoms with Crippen LogP contribution >= 0.6 is 23.2 Å². The molecule has 0 heterocycles. The largest absolute Gasteiger partial charge is 0.416 e. The number of carbonyl (C=O) groups excluding carboxylic acids is 2. The number of unbranched alkanes of at least 4 members (excludes halogenated alkanes) is 1. The SMILES string of the molecule is CCCCNC(=O)[C@H](C)N(Cc1ccc(Cl)cc1Cl)C(=O)CN(c1cccc(C(F)(F)F)c1)S(C)(=O)=O. The van der Waals surface area contributed by atoms with E-state index in [4.69, 9.17) is 23.2 Å². The van der Waals surface area contributed by atoms with Crippen LogP contribution in [0.5, 0.6) is 0 Å². The van der Waals surface area contributed by atoms with Gasteiger partial charge in [0.05, 0.1) is 17.5 Å². The van der Waals surface area contributed by atoms with Crippen LogP contribution in [-0.2, 0) is 32.3 Å². The van der Waals surface area contributed by atoms with Crippen molar-refractivity contribution in [2.75, 3.05) is 23.7 Å². The zero-order chi connectivity index (χ0) is 28.0. The average molecular weight is 582 g/mol. The number of rotatable bonds is 11. The van der Waals surface area contributed by atoms with Gasteiger partial charge in [-0.15, -0.1) is 0 Å². The summed E-state index contributed by atoms with van der Waals surface area (Å²) in [4.78, 5) is 27.4. The minimum Gasteiger partial charge on any atom is -0.354 e. The van der Waals surface area contributed by atoms with Crippen LogP contribution in [0.3, 0.4) is 0 Å². The number of nitrogens with zero attached hydrogens (tertiary/aromatic N) is 2. The van der Waals surface area contributed by atoms with Crippen molar-refractivity contribution in [3.8, 4) is 0 Å². The second kappa shape index (κ2) is 12.8. The Hall–Kier alpha value is -2.50. The van der Waals surface area contributed by atoms with Crippen molar-refractivity contribution in [2.45, 2.75) is 45.5 Å². The molecule has 2 aromatic rings. The van der Waals surface area contributed by atoms with Gasteiger partial charge in [-0.2, -0.15) is 13.2 Å². The molecule has 0 unspecified atom stereocenters. The summed E-state index contributed by atoms with van der Waals surface area (Å²) in [6, 6.07) is 7.17. The van der Waals surface area contributed by atoms with Crippen molar-refractivity contribution in [2.24, 2.45) is 0 Å². The van der Waals surface area contributed by atoms with Gasteiger partial charge in [0.1, 0.15) is 12.6 Å². The molecule has 0 aliphatic carbocycles. The van der Waals surface area contributed by atoms with E-state index >= 15 is 0 Å². The van der Waals surface area contributed by atoms with Gasteiger partial charge in [0.2, 0.25) is 21.8 Å². The molecule has 0 spiro atoms. The molecule has 0 saturated carbocycles. The van der Waals surface area contributed by atoms with Gasteiger partial charge < -0.3 is 10.2 Å². The first-order valence-corrected chi connectivity index (χ1v) is 13.9. The third-order valence-corrected chi connectivity index (χ3v) is 7.22. The molecule has 0 saturated heterocycles. The predicted molar refractivity (Wildman–Crippen MR) is 138 cm³/mol. The van der Waals surface area contributed by atoms with Gasteiger partial charge in [0.25, 0.3) is 0 Å². The van der Waals surface area contributed by atoms with E-state index in [1.807, 2.05) is 6.92 Å². The smallest absolute Gasteiger partial charge is 0.354 e. The number of amides is 2. The molecule has 37 heavy (non-hydrogen) atoms. The summed E-state index contributed by atoms with van der Waals surface area (Å²) in [6.45, 7) is 2.79. The lowest BCUT2D eigenvalue weighted by Gasteiger charge is -2.31. The number of alkyl halides is 3. The molecule has 7 nitrogen and oxygen atoms in total. The number of hydrogen-bond acceptors (Lipinski definition) is 4. The summed E-state index contributed by atoms with van der Waals surface area (Å²) < 4.78 is 65.4. The minimum atomic E-state index is -4.72. The fourth-order valence-corrected chi connectivity index (χ4v) is 4.71. The van der Waals surface area contributed by atoms with E-state index in [9.17, 15) is 31.2 Å². The number of sulfonamides is 1. The number of benzene rings is 2. The maximum atomic E-state index is 13.5. The topological polar surface area (TPSA) is 86.8 Å². The van der Waals surface area contributed by atoms with Crippen LogP contribution < -0.4 is 9.62 Å². The molecule has 0 bridgehead atoms. The van der Waals surface area contributed by atoms with Crippen molar-refractivity contribution < 1.29 is 31.2 Å². The number of halogens is 5. The Labute approximate surface area is 224 Å². The minimum absolute atomic E-state index is 0.169. The number of hydrogen-bond donors (Lipinski definition) is 1. The van der Waals surface area contributed by atoms with Gasteiger partial charge in [-0.3, -0.25) is 13.9 Å². The molecule has 1 N–H and O–H groups in total. The molecule has 0 aliphatic rings. The predicted octanol–water partition coefficient (Wildman–Crippen LogP) is 5.11. The average Bonchev–Trinajstić information content (AvgIpc) is 2.80. The first-order chi connectivity index (χ1) is 17.1. The van der Waals surface area contributed by atoms with Gasteiger partial charge in [0.15, 0.2) is 0 Å². The van der Waals surface area contributed by atoms with Crippen molar-refractivity contribution >= 4 is 50.7 Å². The van der Waals surface area contributed by atoms with E-state index in [1.54, 1.807) is 12.1 Å². The highest BCUT2D eigenvalue weighted by Crippen LogP contribution is 2.32. The summed E-state index contributed by atoms with van der Waals surface area (Å²) in [5, 5.41) is 3.30. The molecular formula is C24H28Cl2F3N3O4S. The molecule has 13 heteroatoms. The van der Waals surface area contributed by atoms with Gasteiger partial charge in [-0.1, -0.05) is 48.7 Å². The van der Waals surface area contributed by atoms with Gasteiger partial charge in [-0.25, -0.2) is 8.42 Å². The molecule has 2 amide bonds. The first-order valence-electron chi connectivity index (χ1n) is 11.3. The maximum absolute atomic E-state index is 13.5. The zero-order valence-electron chi connectivity index (χ0n) is 20.5. The molecule has 0 fully saturated rings. The summed E-state index contributed by atoms with van der Waals surface area (Å²) in [5.74, 6) is -1.29. The standard InChI is InChI=1S/C24H28Cl2F3N3O4S/c1-4-5-11-30-23(34)16(2)31(14-17-9-10-19(25)13-21(17)26)22(33)15-32(37(3,35)36)20-8-6-7-18(12-20)24(27,28)29/h6-10,12-13,16H,4-5,11,14-15H2,1-3H3,(H,30,34)/t16-/m0/s1. The van der Waals surface area contributed by atoms with Gasteiger partial charge in [-0.05, 0) is 49.2 Å². The Morgan fingerprint density at radius 3 is 2.35 bits per heavy atom. The molecule has 1 atom stereocenters. The highest BCUT2D eigenvalue weighted by Gasteiger charge is 2.33. The fraction of sp³-hybridized carbons (Fsp3) is 0.417. The third-order valence-electron chi connectivity index (χ3n) is 5.49. The molecule has 204 valence electrons. The van der Waals surface area contributed by atoms with Gasteiger partial charge >= 0.3 is 6.18 Å². The van der Waals surface area contributed by atoms with Crippen LogP contribution in [0.15, 0.2) is 42.5 Å². The van der Waals surface area contributed by atoms with E-state index < -0.39 is 46.2 Å². The van der Waals surface area contributed by atoms with Crippen LogP contribution in [0.1, 0.15) is 37.8 Å². The Morgan fingerprint density at radius 2 is 1.78 bits per heavy atom. The zero-order valence-corrected chi connectivity index (χ0v) is 22.8. The van der Waals surface area contributed by atoms with Crippen LogP contribution in [0, 0.1) is 0 Å². The third kappa shape index (κ3) is 8.79. The summed E-state index contributed by atoms with van der Waals surface area (Å²) >= 11 is 12.2. The van der Waals surface area contributed by atoms with Crippen molar-refractivity contribution in [1.29, 1.82) is 0 Å². The molecule has 0 aromatic heterocycles. The van der Waals surface area contributed by atoms with Crippen LogP contribution in [0.25, 0.3) is 0 Å². The van der Waals surface area contributed by atoms with E-state index in [-0.39, 0.29) is 17.3 Å². The Bertz CT molecular complexity index is 1230. The lowest BCUT2D eigenvalue weighted by atomic mass is 10.1. The second-order valence-corrected chi connectivity index (χ2v) is 11.1. The summed E-state index contributed by atoms with van der Waals surface area (Å²) in [6.07, 6.45) is -2.39. The fourth-order valence-electron chi connectivity index (χ4n) is 3.40. The number of carbonyl (C=O) groups is 2. The van der Waals surface area contributed by atoms with Crippen LogP contribution in [-0.4, -0.2) is 50.5 Å². The number of anilines is 1. The summed E-state index contributed by atoms with van der Waals surface area (Å²) in [5.41, 5.74) is -0.965. The lowest BCUT2D eigenvalue weighted by molar-refractivity contribution is -0.139. The van der Waals surface area contributed by atoms with Crippen molar-refractivity contribution in [1.82, 2.24) is 10.2 Å². The van der Waals surface area contributed by atoms with Crippen molar-refractivity contribution in [3.05, 3.63) is 63.6 Å². The number of nitrogens with one attached hydrogen (secondary N) is 1. The Kier molecular flexibility index (Phi) is 10.7. The van der Waals surface area contributed by atoms with E-state index in [0.29, 0.717) is 33.9 Å². The second-order valence-electron chi connectivity index (χ2n) is 8.40. The van der Waals surface area contributed by atoms with Gasteiger partial charge in [0, 0.05) is 23.1 Å². The Balaban J connectivity index is 2.44. The first kappa shape index (κ1) is 30.7. The molecule has 0 aliphatic heterocycles. The van der Waals surface area contributed by atoms with Crippen molar-refractivity contribution in [3.63, 3.8) is 0 Å². The highest BCUT2D eigenvalue weighted by molar-refractivity contribution is 7.92. The van der Waals surface area contributed by atoms with Crippen LogP contribution in [0.4, 0.5) is 18.9 Å². The maximum Gasteiger partial charge on any atom is 0.416 e. The van der Waals surface area contributed by atoms with E-state index in [2.05, 4.69) is 5.32 Å². The molecule has 2 aromatic carbocycles. The molecule has 0 radical (unpaired) electrons. The van der Waals surface area contributed by atoms with E-state index in [1.165, 1.54) is 13.0 Å². The lowest BCUT2D eigenvalue weighted by Crippen LogP contribution is -2.51. The monoisotopic (exact) mass is 581 g/mol. The Morgan fingerprint density at radius 1 is 1.11 bits per heavy atom. The van der Waals surface area contributed by atoms with E-state index in [0.717, 1.165) is 35.8 Å². The quantitative estimate of drug-likeness (QED) is 0.373. The highest BCUT2D eigenvalue weighted by atomic mass is 35.5. The molecular weight excluding hydrogens is 554 g/mol. The summed E-state index contributed by atoms with van der Waals surface area (Å²) in [7, 11) is -4.18. The normalized spacial score (nSPS) is 12.6.